The highest BCUT2D eigenvalue weighted by atomic mass is 16.2. The molecule has 3 rings (SSSR count). The number of anilines is 1. The van der Waals surface area contributed by atoms with Crippen LogP contribution >= 0.6 is 0 Å². The SMILES string of the molecule is CN(Cc1ccccc1N1CCCC1)C(=O)C(N)c1ccccc1. The van der Waals surface area contributed by atoms with Crippen LogP contribution in [0.1, 0.15) is 30.0 Å². The minimum atomic E-state index is -0.616. The molecule has 2 aromatic carbocycles. The van der Waals surface area contributed by atoms with Crippen LogP contribution in [0, 0.1) is 0 Å². The van der Waals surface area contributed by atoms with E-state index in [2.05, 4.69) is 23.1 Å². The molecule has 2 N–H and O–H groups in total. The molecule has 24 heavy (non-hydrogen) atoms. The van der Waals surface area contributed by atoms with Crippen LogP contribution in [-0.4, -0.2) is 30.9 Å². The van der Waals surface area contributed by atoms with Crippen molar-refractivity contribution in [1.82, 2.24) is 4.90 Å². The zero-order valence-electron chi connectivity index (χ0n) is 14.2. The lowest BCUT2D eigenvalue weighted by molar-refractivity contribution is -0.131. The normalized spacial score (nSPS) is 15.3. The van der Waals surface area contributed by atoms with Gasteiger partial charge in [-0.25, -0.2) is 0 Å². The van der Waals surface area contributed by atoms with Crippen LogP contribution < -0.4 is 10.6 Å². The lowest BCUT2D eigenvalue weighted by atomic mass is 10.1. The minimum absolute atomic E-state index is 0.0579. The van der Waals surface area contributed by atoms with E-state index in [1.54, 1.807) is 4.90 Å². The van der Waals surface area contributed by atoms with Crippen LogP contribution in [0.15, 0.2) is 54.6 Å². The number of para-hydroxylation sites is 1. The van der Waals surface area contributed by atoms with Crippen LogP contribution in [0.5, 0.6) is 0 Å². The fourth-order valence-corrected chi connectivity index (χ4v) is 3.28. The van der Waals surface area contributed by atoms with Crippen molar-refractivity contribution >= 4 is 11.6 Å². The van der Waals surface area contributed by atoms with E-state index >= 15 is 0 Å². The number of rotatable bonds is 5. The molecule has 1 aliphatic heterocycles. The molecule has 0 bridgehead atoms. The van der Waals surface area contributed by atoms with E-state index in [1.807, 2.05) is 43.4 Å². The Kier molecular flexibility index (Phi) is 5.16. The van der Waals surface area contributed by atoms with Crippen LogP contribution in [0.4, 0.5) is 5.69 Å². The van der Waals surface area contributed by atoms with Gasteiger partial charge in [-0.1, -0.05) is 48.5 Å². The molecule has 1 amide bonds. The Morgan fingerprint density at radius 1 is 1.08 bits per heavy atom. The maximum absolute atomic E-state index is 12.7. The van der Waals surface area contributed by atoms with E-state index in [4.69, 9.17) is 5.73 Å². The summed E-state index contributed by atoms with van der Waals surface area (Å²) in [6, 6.07) is 17.3. The summed E-state index contributed by atoms with van der Waals surface area (Å²) in [4.78, 5) is 16.8. The number of carbonyl (C=O) groups is 1. The number of carbonyl (C=O) groups excluding carboxylic acids is 1. The lowest BCUT2D eigenvalue weighted by Gasteiger charge is -2.26. The molecule has 1 unspecified atom stereocenters. The first-order chi connectivity index (χ1) is 11.7. The third-order valence-electron chi connectivity index (χ3n) is 4.65. The predicted octanol–water partition coefficient (Wildman–Crippen LogP) is 2.95. The molecule has 4 nitrogen and oxygen atoms in total. The highest BCUT2D eigenvalue weighted by Crippen LogP contribution is 2.26. The first-order valence-corrected chi connectivity index (χ1v) is 8.55. The molecular weight excluding hydrogens is 298 g/mol. The van der Waals surface area contributed by atoms with Crippen molar-refractivity contribution < 1.29 is 4.79 Å². The van der Waals surface area contributed by atoms with Gasteiger partial charge in [0.25, 0.3) is 0 Å². The van der Waals surface area contributed by atoms with Gasteiger partial charge in [0, 0.05) is 32.4 Å². The number of benzene rings is 2. The zero-order chi connectivity index (χ0) is 16.9. The number of likely N-dealkylation sites (N-methyl/N-ethyl adjacent to an activating group) is 1. The topological polar surface area (TPSA) is 49.6 Å². The van der Waals surface area contributed by atoms with Gasteiger partial charge < -0.3 is 15.5 Å². The summed E-state index contributed by atoms with van der Waals surface area (Å²) < 4.78 is 0. The summed E-state index contributed by atoms with van der Waals surface area (Å²) in [5, 5.41) is 0. The van der Waals surface area contributed by atoms with Gasteiger partial charge in [-0.3, -0.25) is 4.79 Å². The quantitative estimate of drug-likeness (QED) is 0.920. The molecule has 0 aliphatic carbocycles. The number of hydrogen-bond donors (Lipinski definition) is 1. The molecule has 2 aromatic rings. The number of nitrogens with two attached hydrogens (primary N) is 1. The van der Waals surface area contributed by atoms with Crippen LogP contribution in [-0.2, 0) is 11.3 Å². The Bertz CT molecular complexity index is 680. The Morgan fingerprint density at radius 2 is 1.71 bits per heavy atom. The van der Waals surface area contributed by atoms with Gasteiger partial charge >= 0.3 is 0 Å². The number of hydrogen-bond acceptors (Lipinski definition) is 3. The molecule has 1 saturated heterocycles. The van der Waals surface area contributed by atoms with E-state index in [-0.39, 0.29) is 5.91 Å². The summed E-state index contributed by atoms with van der Waals surface area (Å²) in [6.45, 7) is 2.77. The maximum atomic E-state index is 12.7. The molecule has 0 spiro atoms. The fraction of sp³-hybridized carbons (Fsp3) is 0.350. The van der Waals surface area contributed by atoms with Gasteiger partial charge in [-0.05, 0) is 30.0 Å². The molecule has 4 heteroatoms. The van der Waals surface area contributed by atoms with Crippen molar-refractivity contribution in [2.75, 3.05) is 25.0 Å². The van der Waals surface area contributed by atoms with Crippen LogP contribution in [0.2, 0.25) is 0 Å². The Morgan fingerprint density at radius 3 is 2.42 bits per heavy atom. The Labute approximate surface area is 143 Å². The Hall–Kier alpha value is -2.33. The highest BCUT2D eigenvalue weighted by Gasteiger charge is 2.22. The van der Waals surface area contributed by atoms with E-state index in [9.17, 15) is 4.79 Å². The van der Waals surface area contributed by atoms with E-state index in [0.717, 1.165) is 18.7 Å². The largest absolute Gasteiger partial charge is 0.371 e. The molecule has 1 heterocycles. The second kappa shape index (κ2) is 7.49. The standard InChI is InChI=1S/C20H25N3O/c1-22(20(24)19(21)16-9-3-2-4-10-16)15-17-11-5-6-12-18(17)23-13-7-8-14-23/h2-6,9-12,19H,7-8,13-15,21H2,1H3. The lowest BCUT2D eigenvalue weighted by Crippen LogP contribution is -2.35. The monoisotopic (exact) mass is 323 g/mol. The minimum Gasteiger partial charge on any atom is -0.371 e. The molecule has 0 saturated carbocycles. The van der Waals surface area contributed by atoms with Crippen molar-refractivity contribution in [3.63, 3.8) is 0 Å². The van der Waals surface area contributed by atoms with Crippen LogP contribution in [0.25, 0.3) is 0 Å². The molecule has 1 atom stereocenters. The Balaban J connectivity index is 1.73. The smallest absolute Gasteiger partial charge is 0.244 e. The summed E-state index contributed by atoms with van der Waals surface area (Å²) >= 11 is 0. The van der Waals surface area contributed by atoms with Gasteiger partial charge in [0.05, 0.1) is 0 Å². The summed E-state index contributed by atoms with van der Waals surface area (Å²) in [7, 11) is 1.83. The van der Waals surface area contributed by atoms with Crippen molar-refractivity contribution in [2.45, 2.75) is 25.4 Å². The second-order valence-corrected chi connectivity index (χ2v) is 6.41. The van der Waals surface area contributed by atoms with Gasteiger partial charge in [-0.15, -0.1) is 0 Å². The van der Waals surface area contributed by atoms with Crippen molar-refractivity contribution in [2.24, 2.45) is 5.73 Å². The molecule has 126 valence electrons. The van der Waals surface area contributed by atoms with E-state index in [0.29, 0.717) is 6.54 Å². The molecule has 0 radical (unpaired) electrons. The number of nitrogens with zero attached hydrogens (tertiary/aromatic N) is 2. The first kappa shape index (κ1) is 16.5. The van der Waals surface area contributed by atoms with Gasteiger partial charge in [0.2, 0.25) is 5.91 Å². The average molecular weight is 323 g/mol. The second-order valence-electron chi connectivity index (χ2n) is 6.41. The fourth-order valence-electron chi connectivity index (χ4n) is 3.28. The third kappa shape index (κ3) is 3.60. The van der Waals surface area contributed by atoms with Gasteiger partial charge in [0.15, 0.2) is 0 Å². The summed E-state index contributed by atoms with van der Waals surface area (Å²) in [5.74, 6) is -0.0579. The molecular formula is C20H25N3O. The van der Waals surface area contributed by atoms with Crippen molar-refractivity contribution in [1.29, 1.82) is 0 Å². The van der Waals surface area contributed by atoms with E-state index in [1.165, 1.54) is 24.1 Å². The van der Waals surface area contributed by atoms with Crippen LogP contribution in [0.3, 0.4) is 0 Å². The van der Waals surface area contributed by atoms with Crippen molar-refractivity contribution in [3.05, 3.63) is 65.7 Å². The first-order valence-electron chi connectivity index (χ1n) is 8.55. The maximum Gasteiger partial charge on any atom is 0.244 e. The predicted molar refractivity (Wildman–Crippen MR) is 97.7 cm³/mol. The molecule has 0 aromatic heterocycles. The molecule has 1 fully saturated rings. The third-order valence-corrected chi connectivity index (χ3v) is 4.65. The average Bonchev–Trinajstić information content (AvgIpc) is 3.16. The van der Waals surface area contributed by atoms with Gasteiger partial charge in [0.1, 0.15) is 6.04 Å². The highest BCUT2D eigenvalue weighted by molar-refractivity contribution is 5.83. The van der Waals surface area contributed by atoms with Crippen molar-refractivity contribution in [3.8, 4) is 0 Å². The van der Waals surface area contributed by atoms with E-state index < -0.39 is 6.04 Å². The molecule has 1 aliphatic rings. The van der Waals surface area contributed by atoms with Gasteiger partial charge in [-0.2, -0.15) is 0 Å². The zero-order valence-corrected chi connectivity index (χ0v) is 14.2. The summed E-state index contributed by atoms with van der Waals surface area (Å²) in [6.07, 6.45) is 2.48. The number of amides is 1. The summed E-state index contributed by atoms with van der Waals surface area (Å²) in [5.41, 5.74) is 9.42.